The van der Waals surface area contributed by atoms with E-state index in [0.29, 0.717) is 0 Å². The van der Waals surface area contributed by atoms with Crippen LogP contribution in [0.15, 0.2) is 17.0 Å². The summed E-state index contributed by atoms with van der Waals surface area (Å²) in [7, 11) is 0. The Morgan fingerprint density at radius 1 is 1.50 bits per heavy atom. The van der Waals surface area contributed by atoms with Crippen LogP contribution in [0.25, 0.3) is 0 Å². The van der Waals surface area contributed by atoms with Gasteiger partial charge in [0.1, 0.15) is 5.82 Å². The smallest absolute Gasteiger partial charge is 0.140 e. The molecule has 0 aliphatic rings. The van der Waals surface area contributed by atoms with Crippen molar-refractivity contribution < 1.29 is 4.39 Å². The van der Waals surface area contributed by atoms with Crippen LogP contribution in [-0.2, 0) is 0 Å². The number of rotatable bonds is 2. The standard InChI is InChI=1S/C9H10FIS/c1-3-12-8-5-4-7(11)6(2)9(8)10/h4-5H,3H2,1-2H3. The van der Waals surface area contributed by atoms with E-state index in [-0.39, 0.29) is 5.82 Å². The fraction of sp³-hybridized carbons (Fsp3) is 0.333. The second-order valence-corrected chi connectivity index (χ2v) is 4.89. The minimum absolute atomic E-state index is 0.0613. The van der Waals surface area contributed by atoms with Gasteiger partial charge < -0.3 is 0 Å². The highest BCUT2D eigenvalue weighted by Gasteiger charge is 2.07. The van der Waals surface area contributed by atoms with Crippen molar-refractivity contribution in [2.24, 2.45) is 0 Å². The van der Waals surface area contributed by atoms with Gasteiger partial charge in [0, 0.05) is 8.47 Å². The SMILES string of the molecule is CCSc1ccc(I)c(C)c1F. The summed E-state index contributed by atoms with van der Waals surface area (Å²) in [6.45, 7) is 3.84. The summed E-state index contributed by atoms with van der Waals surface area (Å²) in [5.74, 6) is 0.852. The van der Waals surface area contributed by atoms with E-state index in [1.54, 1.807) is 11.8 Å². The van der Waals surface area contributed by atoms with E-state index in [9.17, 15) is 4.39 Å². The Balaban J connectivity index is 3.08. The first kappa shape index (κ1) is 10.3. The monoisotopic (exact) mass is 296 g/mol. The maximum absolute atomic E-state index is 13.4. The minimum Gasteiger partial charge on any atom is -0.205 e. The van der Waals surface area contributed by atoms with Crippen molar-refractivity contribution in [1.82, 2.24) is 0 Å². The fourth-order valence-corrected chi connectivity index (χ4v) is 2.08. The van der Waals surface area contributed by atoms with Crippen molar-refractivity contribution in [3.8, 4) is 0 Å². The van der Waals surface area contributed by atoms with E-state index in [0.717, 1.165) is 19.8 Å². The molecule has 0 saturated heterocycles. The average Bonchev–Trinajstić information content (AvgIpc) is 2.07. The average molecular weight is 296 g/mol. The molecule has 0 N–H and O–H groups in total. The Labute approximate surface area is 90.1 Å². The van der Waals surface area contributed by atoms with E-state index in [1.807, 2.05) is 26.0 Å². The van der Waals surface area contributed by atoms with Gasteiger partial charge in [0.05, 0.1) is 0 Å². The van der Waals surface area contributed by atoms with Gasteiger partial charge in [-0.3, -0.25) is 0 Å². The fourth-order valence-electron chi connectivity index (χ4n) is 0.904. The van der Waals surface area contributed by atoms with Crippen molar-refractivity contribution in [3.63, 3.8) is 0 Å². The van der Waals surface area contributed by atoms with Crippen molar-refractivity contribution in [2.45, 2.75) is 18.7 Å². The van der Waals surface area contributed by atoms with E-state index >= 15 is 0 Å². The normalized spacial score (nSPS) is 10.3. The Morgan fingerprint density at radius 3 is 2.75 bits per heavy atom. The zero-order chi connectivity index (χ0) is 9.14. The van der Waals surface area contributed by atoms with Gasteiger partial charge in [0.2, 0.25) is 0 Å². The minimum atomic E-state index is -0.0613. The summed E-state index contributed by atoms with van der Waals surface area (Å²) in [4.78, 5) is 0.760. The third-order valence-corrected chi connectivity index (χ3v) is 3.67. The first-order valence-corrected chi connectivity index (χ1v) is 5.80. The summed E-state index contributed by atoms with van der Waals surface area (Å²) < 4.78 is 14.4. The Bertz CT molecular complexity index is 286. The number of benzene rings is 1. The van der Waals surface area contributed by atoms with Crippen LogP contribution >= 0.6 is 34.4 Å². The molecule has 0 aliphatic carbocycles. The predicted molar refractivity (Wildman–Crippen MR) is 60.3 cm³/mol. The van der Waals surface area contributed by atoms with Crippen molar-refractivity contribution >= 4 is 34.4 Å². The van der Waals surface area contributed by atoms with Gasteiger partial charge in [0.15, 0.2) is 0 Å². The van der Waals surface area contributed by atoms with Crippen LogP contribution in [0, 0.1) is 16.3 Å². The van der Waals surface area contributed by atoms with Crippen LogP contribution in [0.2, 0.25) is 0 Å². The molecule has 0 aromatic heterocycles. The zero-order valence-corrected chi connectivity index (χ0v) is 10.00. The molecule has 1 aromatic carbocycles. The van der Waals surface area contributed by atoms with Crippen LogP contribution in [-0.4, -0.2) is 5.75 Å². The van der Waals surface area contributed by atoms with Gasteiger partial charge in [-0.2, -0.15) is 0 Å². The molecule has 0 atom stereocenters. The highest BCUT2D eigenvalue weighted by atomic mass is 127. The summed E-state index contributed by atoms with van der Waals surface area (Å²) in [5.41, 5.74) is 0.758. The van der Waals surface area contributed by atoms with Crippen molar-refractivity contribution in [1.29, 1.82) is 0 Å². The lowest BCUT2D eigenvalue weighted by atomic mass is 10.2. The quantitative estimate of drug-likeness (QED) is 0.590. The van der Waals surface area contributed by atoms with Gasteiger partial charge in [0.25, 0.3) is 0 Å². The highest BCUT2D eigenvalue weighted by molar-refractivity contribution is 14.1. The highest BCUT2D eigenvalue weighted by Crippen LogP contribution is 2.26. The molecule has 0 fully saturated rings. The molecule has 3 heteroatoms. The summed E-state index contributed by atoms with van der Waals surface area (Å²) in [6, 6.07) is 3.80. The number of hydrogen-bond donors (Lipinski definition) is 0. The molecule has 0 heterocycles. The number of halogens is 2. The molecule has 1 aromatic rings. The summed E-state index contributed by atoms with van der Waals surface area (Å²) in [5, 5.41) is 0. The second kappa shape index (κ2) is 4.46. The number of hydrogen-bond acceptors (Lipinski definition) is 1. The predicted octanol–water partition coefficient (Wildman–Crippen LogP) is 3.85. The Kier molecular flexibility index (Phi) is 3.83. The maximum Gasteiger partial charge on any atom is 0.140 e. The molecular weight excluding hydrogens is 286 g/mol. The van der Waals surface area contributed by atoms with Gasteiger partial charge in [-0.15, -0.1) is 11.8 Å². The van der Waals surface area contributed by atoms with Crippen LogP contribution in [0.3, 0.4) is 0 Å². The van der Waals surface area contributed by atoms with Crippen molar-refractivity contribution in [2.75, 3.05) is 5.75 Å². The third-order valence-electron chi connectivity index (χ3n) is 1.58. The lowest BCUT2D eigenvalue weighted by Gasteiger charge is -2.04. The van der Waals surface area contributed by atoms with E-state index in [2.05, 4.69) is 22.6 Å². The van der Waals surface area contributed by atoms with Gasteiger partial charge in [-0.1, -0.05) is 6.92 Å². The van der Waals surface area contributed by atoms with E-state index in [4.69, 9.17) is 0 Å². The molecule has 0 amide bonds. The van der Waals surface area contributed by atoms with Crippen LogP contribution in [0.4, 0.5) is 4.39 Å². The van der Waals surface area contributed by atoms with Crippen LogP contribution < -0.4 is 0 Å². The Hall–Kier alpha value is 0.230. The van der Waals surface area contributed by atoms with Gasteiger partial charge in [-0.05, 0) is 53.0 Å². The molecule has 0 spiro atoms. The molecule has 12 heavy (non-hydrogen) atoms. The molecule has 0 aliphatic heterocycles. The topological polar surface area (TPSA) is 0 Å². The van der Waals surface area contributed by atoms with Crippen LogP contribution in [0.1, 0.15) is 12.5 Å². The second-order valence-electron chi connectivity index (χ2n) is 2.42. The summed E-state index contributed by atoms with van der Waals surface area (Å²) >= 11 is 3.69. The largest absolute Gasteiger partial charge is 0.205 e. The van der Waals surface area contributed by atoms with Gasteiger partial charge in [-0.25, -0.2) is 4.39 Å². The molecule has 66 valence electrons. The molecule has 0 nitrogen and oxygen atoms in total. The lowest BCUT2D eigenvalue weighted by Crippen LogP contribution is -1.90. The molecule has 0 saturated carbocycles. The Morgan fingerprint density at radius 2 is 2.17 bits per heavy atom. The zero-order valence-electron chi connectivity index (χ0n) is 7.03. The van der Waals surface area contributed by atoms with Gasteiger partial charge >= 0.3 is 0 Å². The summed E-state index contributed by atoms with van der Waals surface area (Å²) in [6.07, 6.45) is 0. The first-order valence-electron chi connectivity index (χ1n) is 3.74. The molecule has 1 rings (SSSR count). The van der Waals surface area contributed by atoms with E-state index < -0.39 is 0 Å². The van der Waals surface area contributed by atoms with Crippen LogP contribution in [0.5, 0.6) is 0 Å². The lowest BCUT2D eigenvalue weighted by molar-refractivity contribution is 0.591. The molecule has 0 bridgehead atoms. The molecule has 0 unspecified atom stereocenters. The first-order chi connectivity index (χ1) is 5.66. The van der Waals surface area contributed by atoms with Crippen molar-refractivity contribution in [3.05, 3.63) is 27.1 Å². The van der Waals surface area contributed by atoms with E-state index in [1.165, 1.54) is 0 Å². The number of thioether (sulfide) groups is 1. The third kappa shape index (κ3) is 2.13. The molecule has 0 radical (unpaired) electrons. The molecular formula is C9H10FIS. The maximum atomic E-state index is 13.4.